The van der Waals surface area contributed by atoms with Gasteiger partial charge in [-0.2, -0.15) is 18.3 Å². The Kier molecular flexibility index (Phi) is 3.95. The number of hydrogen-bond acceptors (Lipinski definition) is 2. The zero-order valence-electron chi connectivity index (χ0n) is 12.3. The highest BCUT2D eigenvalue weighted by atomic mass is 19.4. The Morgan fingerprint density at radius 2 is 2.18 bits per heavy atom. The second kappa shape index (κ2) is 5.76. The average molecular weight is 309 g/mol. The first-order chi connectivity index (χ1) is 10.4. The standard InChI is InChI=1S/C16H18F3N3/c1-22-15-7-3-6-14(13(15)10-21-22)20-9-11-4-2-5-12(8-11)16(17,18)19/h2,4-5,8,10,14,20H,3,6-7,9H2,1H3/t14-/m1/s1. The molecular formula is C16H18F3N3. The van der Waals surface area contributed by atoms with Crippen molar-refractivity contribution in [2.75, 3.05) is 0 Å². The lowest BCUT2D eigenvalue weighted by Crippen LogP contribution is -2.25. The number of fused-ring (bicyclic) bond motifs is 1. The molecular weight excluding hydrogens is 291 g/mol. The van der Waals surface area contributed by atoms with E-state index in [4.69, 9.17) is 0 Å². The predicted molar refractivity (Wildman–Crippen MR) is 77.2 cm³/mol. The van der Waals surface area contributed by atoms with Gasteiger partial charge < -0.3 is 5.32 Å². The van der Waals surface area contributed by atoms with Crippen LogP contribution in [0.5, 0.6) is 0 Å². The van der Waals surface area contributed by atoms with Crippen molar-refractivity contribution in [3.05, 3.63) is 52.8 Å². The van der Waals surface area contributed by atoms with Crippen LogP contribution in [0, 0.1) is 0 Å². The van der Waals surface area contributed by atoms with E-state index >= 15 is 0 Å². The van der Waals surface area contributed by atoms with Crippen molar-refractivity contribution >= 4 is 0 Å². The summed E-state index contributed by atoms with van der Waals surface area (Å²) in [5.41, 5.74) is 2.43. The molecule has 0 fully saturated rings. The maximum atomic E-state index is 12.7. The van der Waals surface area contributed by atoms with E-state index in [0.717, 1.165) is 25.3 Å². The second-order valence-corrected chi connectivity index (χ2v) is 5.69. The molecule has 1 N–H and O–H groups in total. The van der Waals surface area contributed by atoms with Crippen LogP contribution in [-0.2, 0) is 26.2 Å². The maximum Gasteiger partial charge on any atom is 0.416 e. The summed E-state index contributed by atoms with van der Waals surface area (Å²) in [5, 5.41) is 7.64. The SMILES string of the molecule is Cn1ncc2c1CCC[C@H]2NCc1cccc(C(F)(F)F)c1. The van der Waals surface area contributed by atoms with Crippen molar-refractivity contribution in [2.24, 2.45) is 7.05 Å². The minimum atomic E-state index is -4.29. The van der Waals surface area contributed by atoms with Crippen molar-refractivity contribution < 1.29 is 13.2 Å². The van der Waals surface area contributed by atoms with Crippen LogP contribution in [0.3, 0.4) is 0 Å². The second-order valence-electron chi connectivity index (χ2n) is 5.69. The molecule has 1 aromatic heterocycles. The first kappa shape index (κ1) is 15.1. The molecule has 1 aromatic carbocycles. The Balaban J connectivity index is 1.71. The number of halogens is 3. The summed E-state index contributed by atoms with van der Waals surface area (Å²) in [6.07, 6.45) is 0.619. The van der Waals surface area contributed by atoms with Gasteiger partial charge in [0.2, 0.25) is 0 Å². The Hall–Kier alpha value is -1.82. The molecule has 22 heavy (non-hydrogen) atoms. The topological polar surface area (TPSA) is 29.9 Å². The highest BCUT2D eigenvalue weighted by Crippen LogP contribution is 2.31. The van der Waals surface area contributed by atoms with Gasteiger partial charge in [-0.05, 0) is 30.9 Å². The van der Waals surface area contributed by atoms with Crippen LogP contribution in [0.25, 0.3) is 0 Å². The van der Waals surface area contributed by atoms with E-state index < -0.39 is 11.7 Å². The van der Waals surface area contributed by atoms with E-state index in [1.165, 1.54) is 23.4 Å². The van der Waals surface area contributed by atoms with Gasteiger partial charge in [0.05, 0.1) is 11.8 Å². The summed E-state index contributed by atoms with van der Waals surface area (Å²) in [5.74, 6) is 0. The number of nitrogens with zero attached hydrogens (tertiary/aromatic N) is 2. The van der Waals surface area contributed by atoms with Crippen LogP contribution < -0.4 is 5.32 Å². The molecule has 3 nitrogen and oxygen atoms in total. The van der Waals surface area contributed by atoms with Gasteiger partial charge >= 0.3 is 6.18 Å². The average Bonchev–Trinajstić information content (AvgIpc) is 2.87. The molecule has 0 bridgehead atoms. The molecule has 0 unspecified atom stereocenters. The van der Waals surface area contributed by atoms with Crippen LogP contribution in [0.4, 0.5) is 13.2 Å². The summed E-state index contributed by atoms with van der Waals surface area (Å²) < 4.78 is 40.1. The van der Waals surface area contributed by atoms with Gasteiger partial charge in [-0.25, -0.2) is 0 Å². The van der Waals surface area contributed by atoms with E-state index in [9.17, 15) is 13.2 Å². The summed E-state index contributed by atoms with van der Waals surface area (Å²) in [4.78, 5) is 0. The lowest BCUT2D eigenvalue weighted by Gasteiger charge is -2.24. The van der Waals surface area contributed by atoms with E-state index in [-0.39, 0.29) is 6.04 Å². The smallest absolute Gasteiger partial charge is 0.306 e. The lowest BCUT2D eigenvalue weighted by molar-refractivity contribution is -0.137. The predicted octanol–water partition coefficient (Wildman–Crippen LogP) is 3.61. The molecule has 0 saturated heterocycles. The van der Waals surface area contributed by atoms with Gasteiger partial charge in [-0.1, -0.05) is 18.2 Å². The third kappa shape index (κ3) is 3.02. The molecule has 0 aliphatic heterocycles. The number of alkyl halides is 3. The van der Waals surface area contributed by atoms with E-state index in [1.807, 2.05) is 17.9 Å². The summed E-state index contributed by atoms with van der Waals surface area (Å²) >= 11 is 0. The van der Waals surface area contributed by atoms with Crippen molar-refractivity contribution in [1.29, 1.82) is 0 Å². The fraction of sp³-hybridized carbons (Fsp3) is 0.438. The third-order valence-electron chi connectivity index (χ3n) is 4.18. The number of aryl methyl sites for hydroxylation is 1. The minimum Gasteiger partial charge on any atom is -0.306 e. The molecule has 0 spiro atoms. The first-order valence-corrected chi connectivity index (χ1v) is 7.35. The number of rotatable bonds is 3. The Morgan fingerprint density at radius 1 is 1.36 bits per heavy atom. The van der Waals surface area contributed by atoms with E-state index in [0.29, 0.717) is 12.1 Å². The van der Waals surface area contributed by atoms with Crippen molar-refractivity contribution in [3.63, 3.8) is 0 Å². The van der Waals surface area contributed by atoms with Crippen molar-refractivity contribution in [2.45, 2.75) is 38.0 Å². The largest absolute Gasteiger partial charge is 0.416 e. The van der Waals surface area contributed by atoms with Gasteiger partial charge in [-0.3, -0.25) is 4.68 Å². The van der Waals surface area contributed by atoms with Crippen molar-refractivity contribution in [1.82, 2.24) is 15.1 Å². The fourth-order valence-corrected chi connectivity index (χ4v) is 3.02. The van der Waals surface area contributed by atoms with Gasteiger partial charge in [0.1, 0.15) is 0 Å². The van der Waals surface area contributed by atoms with Crippen LogP contribution in [0.2, 0.25) is 0 Å². The number of benzene rings is 1. The van der Waals surface area contributed by atoms with Crippen LogP contribution >= 0.6 is 0 Å². The van der Waals surface area contributed by atoms with Crippen molar-refractivity contribution in [3.8, 4) is 0 Å². The molecule has 0 saturated carbocycles. The van der Waals surface area contributed by atoms with Gasteiger partial charge in [0.25, 0.3) is 0 Å². The molecule has 2 aromatic rings. The quantitative estimate of drug-likeness (QED) is 0.939. The highest BCUT2D eigenvalue weighted by Gasteiger charge is 2.30. The zero-order chi connectivity index (χ0) is 15.7. The maximum absolute atomic E-state index is 12.7. The highest BCUT2D eigenvalue weighted by molar-refractivity contribution is 5.27. The van der Waals surface area contributed by atoms with Crippen LogP contribution in [0.15, 0.2) is 30.5 Å². The Labute approximate surface area is 127 Å². The number of nitrogens with one attached hydrogen (secondary N) is 1. The number of aromatic nitrogens is 2. The molecule has 118 valence electrons. The monoisotopic (exact) mass is 309 g/mol. The Morgan fingerprint density at radius 3 is 2.95 bits per heavy atom. The Bertz CT molecular complexity index is 661. The minimum absolute atomic E-state index is 0.159. The van der Waals surface area contributed by atoms with E-state index in [1.54, 1.807) is 6.07 Å². The van der Waals surface area contributed by atoms with Gasteiger partial charge in [-0.15, -0.1) is 0 Å². The third-order valence-corrected chi connectivity index (χ3v) is 4.18. The van der Waals surface area contributed by atoms with E-state index in [2.05, 4.69) is 10.4 Å². The summed E-state index contributed by atoms with van der Waals surface area (Å²) in [6, 6.07) is 5.64. The molecule has 1 aliphatic carbocycles. The molecule has 6 heteroatoms. The molecule has 3 rings (SSSR count). The molecule has 0 amide bonds. The zero-order valence-corrected chi connectivity index (χ0v) is 12.3. The van der Waals surface area contributed by atoms with Crippen LogP contribution in [0.1, 0.15) is 41.3 Å². The normalized spacial score (nSPS) is 18.3. The van der Waals surface area contributed by atoms with Crippen LogP contribution in [-0.4, -0.2) is 9.78 Å². The lowest BCUT2D eigenvalue weighted by atomic mass is 9.93. The molecule has 1 aliphatic rings. The van der Waals surface area contributed by atoms with Gasteiger partial charge in [0.15, 0.2) is 0 Å². The summed E-state index contributed by atoms with van der Waals surface area (Å²) in [7, 11) is 1.92. The first-order valence-electron chi connectivity index (χ1n) is 7.35. The fourth-order valence-electron chi connectivity index (χ4n) is 3.02. The molecule has 1 heterocycles. The molecule has 0 radical (unpaired) electrons. The molecule has 1 atom stereocenters. The summed E-state index contributed by atoms with van der Waals surface area (Å²) in [6.45, 7) is 0.420. The van der Waals surface area contributed by atoms with Gasteiger partial charge in [0, 0.05) is 30.9 Å². The number of hydrogen-bond donors (Lipinski definition) is 1.